The molecule has 4 N–H and O–H groups in total. The van der Waals surface area contributed by atoms with Gasteiger partial charge in [0.2, 0.25) is 0 Å². The zero-order chi connectivity index (χ0) is 12.3. The maximum atomic E-state index is 13.3. The van der Waals surface area contributed by atoms with E-state index in [1.54, 1.807) is 0 Å². The third-order valence-electron chi connectivity index (χ3n) is 2.53. The molecule has 92 valence electrons. The minimum atomic E-state index is -0.642. The lowest BCUT2D eigenvalue weighted by atomic mass is 10.2. The second kappa shape index (κ2) is 5.09. The summed E-state index contributed by atoms with van der Waals surface area (Å²) < 4.78 is 26.7. The minimum Gasteiger partial charge on any atom is -0.351 e. The van der Waals surface area contributed by atoms with Crippen LogP contribution in [0.2, 0.25) is 0 Å². The Balaban J connectivity index is 2.03. The Morgan fingerprint density at radius 2 is 2.12 bits per heavy atom. The standard InChI is InChI=1S/C11H14F2N4/c12-8-2-1-3-9(13)10(8)17-11-15-6-7(16-11)4-5-14/h1-3,7H,4-6,14H2,(H2,15,16,17)/t7-/m0/s1. The number of aliphatic imine (C=N–C) groups is 1. The molecule has 0 fully saturated rings. The Kier molecular flexibility index (Phi) is 3.53. The second-order valence-electron chi connectivity index (χ2n) is 3.83. The summed E-state index contributed by atoms with van der Waals surface area (Å²) in [6.45, 7) is 1.12. The van der Waals surface area contributed by atoms with E-state index in [1.807, 2.05) is 0 Å². The van der Waals surface area contributed by atoms with Crippen LogP contribution in [-0.2, 0) is 0 Å². The molecule has 0 saturated heterocycles. The highest BCUT2D eigenvalue weighted by Crippen LogP contribution is 2.18. The molecule has 0 aromatic heterocycles. The lowest BCUT2D eigenvalue weighted by Crippen LogP contribution is -2.36. The third kappa shape index (κ3) is 2.71. The maximum Gasteiger partial charge on any atom is 0.196 e. The number of halogens is 2. The summed E-state index contributed by atoms with van der Waals surface area (Å²) in [4.78, 5) is 4.12. The lowest BCUT2D eigenvalue weighted by Gasteiger charge is -2.12. The van der Waals surface area contributed by atoms with Gasteiger partial charge >= 0.3 is 0 Å². The van der Waals surface area contributed by atoms with Crippen molar-refractivity contribution in [2.75, 3.05) is 18.4 Å². The highest BCUT2D eigenvalue weighted by Gasteiger charge is 2.18. The Hall–Kier alpha value is -1.69. The predicted octanol–water partition coefficient (Wildman–Crippen LogP) is 1.05. The van der Waals surface area contributed by atoms with Crippen LogP contribution < -0.4 is 16.4 Å². The van der Waals surface area contributed by atoms with Gasteiger partial charge in [-0.05, 0) is 25.1 Å². The normalized spacial score (nSPS) is 18.8. The van der Waals surface area contributed by atoms with Crippen LogP contribution in [0.3, 0.4) is 0 Å². The fourth-order valence-corrected chi connectivity index (χ4v) is 1.66. The van der Waals surface area contributed by atoms with E-state index in [1.165, 1.54) is 18.2 Å². The summed E-state index contributed by atoms with van der Waals surface area (Å²) in [6, 6.07) is 3.84. The summed E-state index contributed by atoms with van der Waals surface area (Å²) in [5.74, 6) is -0.902. The first-order valence-electron chi connectivity index (χ1n) is 5.43. The zero-order valence-corrected chi connectivity index (χ0v) is 9.21. The van der Waals surface area contributed by atoms with Crippen LogP contribution in [-0.4, -0.2) is 25.1 Å². The van der Waals surface area contributed by atoms with Crippen molar-refractivity contribution >= 4 is 11.6 Å². The summed E-state index contributed by atoms with van der Waals surface area (Å²) in [5.41, 5.74) is 5.24. The topological polar surface area (TPSA) is 62.4 Å². The Morgan fingerprint density at radius 1 is 1.41 bits per heavy atom. The first-order valence-corrected chi connectivity index (χ1v) is 5.43. The van der Waals surface area contributed by atoms with Gasteiger partial charge in [-0.3, -0.25) is 4.99 Å². The highest BCUT2D eigenvalue weighted by molar-refractivity contribution is 5.95. The molecule has 1 aliphatic rings. The number of nitrogens with one attached hydrogen (secondary N) is 2. The van der Waals surface area contributed by atoms with Gasteiger partial charge in [-0.2, -0.15) is 0 Å². The molecule has 0 aliphatic carbocycles. The molecule has 0 amide bonds. The largest absolute Gasteiger partial charge is 0.351 e. The van der Waals surface area contributed by atoms with Crippen molar-refractivity contribution in [1.29, 1.82) is 0 Å². The van der Waals surface area contributed by atoms with E-state index in [9.17, 15) is 8.78 Å². The first-order chi connectivity index (χ1) is 8.20. The number of nitrogens with zero attached hydrogens (tertiary/aromatic N) is 1. The monoisotopic (exact) mass is 240 g/mol. The van der Waals surface area contributed by atoms with Gasteiger partial charge in [-0.25, -0.2) is 8.78 Å². The predicted molar refractivity (Wildman–Crippen MR) is 62.9 cm³/mol. The minimum absolute atomic E-state index is 0.136. The van der Waals surface area contributed by atoms with Crippen LogP contribution in [0.5, 0.6) is 0 Å². The molecule has 1 aromatic rings. The van der Waals surface area contributed by atoms with Crippen molar-refractivity contribution in [2.45, 2.75) is 12.5 Å². The summed E-state index contributed by atoms with van der Waals surface area (Å²) >= 11 is 0. The van der Waals surface area contributed by atoms with Gasteiger partial charge in [-0.1, -0.05) is 6.07 Å². The van der Waals surface area contributed by atoms with Gasteiger partial charge in [0, 0.05) is 6.04 Å². The fourth-order valence-electron chi connectivity index (χ4n) is 1.66. The average Bonchev–Trinajstić information content (AvgIpc) is 2.72. The van der Waals surface area contributed by atoms with E-state index >= 15 is 0 Å². The van der Waals surface area contributed by atoms with E-state index in [0.29, 0.717) is 19.0 Å². The number of nitrogens with two attached hydrogens (primary N) is 1. The van der Waals surface area contributed by atoms with Crippen LogP contribution >= 0.6 is 0 Å². The van der Waals surface area contributed by atoms with Crippen molar-refractivity contribution in [2.24, 2.45) is 10.7 Å². The number of rotatable bonds is 3. The average molecular weight is 240 g/mol. The molecule has 1 heterocycles. The molecule has 0 unspecified atom stereocenters. The van der Waals surface area contributed by atoms with Gasteiger partial charge in [0.25, 0.3) is 0 Å². The highest BCUT2D eigenvalue weighted by atomic mass is 19.1. The molecule has 2 rings (SSSR count). The number of hydrogen-bond acceptors (Lipinski definition) is 4. The Labute approximate surface area is 97.9 Å². The van der Waals surface area contributed by atoms with E-state index in [2.05, 4.69) is 15.6 Å². The van der Waals surface area contributed by atoms with Gasteiger partial charge in [0.1, 0.15) is 17.3 Å². The molecule has 0 saturated carbocycles. The number of benzene rings is 1. The summed E-state index contributed by atoms with van der Waals surface area (Å²) in [5, 5.41) is 5.63. The van der Waals surface area contributed by atoms with E-state index in [0.717, 1.165) is 6.42 Å². The summed E-state index contributed by atoms with van der Waals surface area (Å²) in [7, 11) is 0. The van der Waals surface area contributed by atoms with E-state index in [4.69, 9.17) is 5.73 Å². The second-order valence-corrected chi connectivity index (χ2v) is 3.83. The van der Waals surface area contributed by atoms with Crippen molar-refractivity contribution in [3.63, 3.8) is 0 Å². The number of anilines is 1. The molecule has 1 atom stereocenters. The van der Waals surface area contributed by atoms with E-state index in [-0.39, 0.29) is 11.7 Å². The molecular weight excluding hydrogens is 226 g/mol. The van der Waals surface area contributed by atoms with Crippen LogP contribution in [0.1, 0.15) is 6.42 Å². The van der Waals surface area contributed by atoms with Gasteiger partial charge in [-0.15, -0.1) is 0 Å². The van der Waals surface area contributed by atoms with Crippen LogP contribution in [0, 0.1) is 11.6 Å². The smallest absolute Gasteiger partial charge is 0.196 e. The maximum absolute atomic E-state index is 13.3. The molecular formula is C11H14F2N4. The molecule has 0 spiro atoms. The number of guanidine groups is 1. The van der Waals surface area contributed by atoms with Gasteiger partial charge in [0.15, 0.2) is 5.96 Å². The van der Waals surface area contributed by atoms with Crippen molar-refractivity contribution in [3.05, 3.63) is 29.8 Å². The lowest BCUT2D eigenvalue weighted by molar-refractivity contribution is 0.589. The van der Waals surface area contributed by atoms with Crippen LogP contribution in [0.15, 0.2) is 23.2 Å². The summed E-state index contributed by atoms with van der Waals surface area (Å²) in [6.07, 6.45) is 0.772. The van der Waals surface area contributed by atoms with Crippen molar-refractivity contribution in [3.8, 4) is 0 Å². The first kappa shape index (κ1) is 11.8. The van der Waals surface area contributed by atoms with Crippen molar-refractivity contribution < 1.29 is 8.78 Å². The Morgan fingerprint density at radius 3 is 2.76 bits per heavy atom. The Bertz CT molecular complexity index is 413. The molecule has 6 heteroatoms. The fraction of sp³-hybridized carbons (Fsp3) is 0.364. The third-order valence-corrected chi connectivity index (χ3v) is 2.53. The zero-order valence-electron chi connectivity index (χ0n) is 9.21. The molecule has 17 heavy (non-hydrogen) atoms. The van der Waals surface area contributed by atoms with Crippen LogP contribution in [0.25, 0.3) is 0 Å². The van der Waals surface area contributed by atoms with Gasteiger partial charge in [0.05, 0.1) is 6.54 Å². The van der Waals surface area contributed by atoms with Crippen molar-refractivity contribution in [1.82, 2.24) is 5.32 Å². The quantitative estimate of drug-likeness (QED) is 0.740. The van der Waals surface area contributed by atoms with E-state index < -0.39 is 11.6 Å². The molecule has 0 radical (unpaired) electrons. The van der Waals surface area contributed by atoms with Crippen LogP contribution in [0.4, 0.5) is 14.5 Å². The molecule has 4 nitrogen and oxygen atoms in total. The van der Waals surface area contributed by atoms with Gasteiger partial charge < -0.3 is 16.4 Å². The SMILES string of the molecule is NCC[C@H]1CN=C(Nc2c(F)cccc2F)N1. The molecule has 0 bridgehead atoms. The number of para-hydroxylation sites is 1. The number of hydrogen-bond donors (Lipinski definition) is 3. The molecule has 1 aromatic carbocycles. The molecule has 1 aliphatic heterocycles.